The first kappa shape index (κ1) is 15.4. The predicted molar refractivity (Wildman–Crippen MR) is 85.7 cm³/mol. The van der Waals surface area contributed by atoms with Crippen LogP contribution in [0, 0.1) is 0 Å². The molecule has 3 aromatic rings. The van der Waals surface area contributed by atoms with Crippen molar-refractivity contribution in [2.24, 2.45) is 5.73 Å². The van der Waals surface area contributed by atoms with Crippen molar-refractivity contribution < 1.29 is 4.39 Å². The number of rotatable bonds is 6. The van der Waals surface area contributed by atoms with Crippen LogP contribution in [0.25, 0.3) is 10.4 Å². The summed E-state index contributed by atoms with van der Waals surface area (Å²) in [7, 11) is 0. The third-order valence-electron chi connectivity index (χ3n) is 3.34. The number of nitrogens with two attached hydrogens (primary N) is 1. The van der Waals surface area contributed by atoms with Crippen LogP contribution in [0.5, 0.6) is 0 Å². The number of nitrogens with one attached hydrogen (secondary N) is 1. The van der Waals surface area contributed by atoms with Crippen LogP contribution in [0.4, 0.5) is 4.39 Å². The van der Waals surface area contributed by atoms with Gasteiger partial charge in [0, 0.05) is 28.1 Å². The van der Waals surface area contributed by atoms with Crippen molar-refractivity contribution in [3.63, 3.8) is 0 Å². The second-order valence-electron chi connectivity index (χ2n) is 4.92. The van der Waals surface area contributed by atoms with Crippen LogP contribution in [-0.2, 0) is 13.1 Å². The number of thiophene rings is 1. The molecule has 0 saturated carbocycles. The number of aromatic nitrogens is 5. The van der Waals surface area contributed by atoms with Gasteiger partial charge in [0.05, 0.1) is 25.6 Å². The molecule has 0 aromatic carbocycles. The van der Waals surface area contributed by atoms with E-state index < -0.39 is 0 Å². The molecule has 0 aliphatic carbocycles. The van der Waals surface area contributed by atoms with E-state index in [4.69, 9.17) is 5.73 Å². The lowest BCUT2D eigenvalue weighted by atomic mass is 10.3. The van der Waals surface area contributed by atoms with E-state index in [-0.39, 0.29) is 18.8 Å². The molecule has 3 heterocycles. The molecule has 0 radical (unpaired) electrons. The molecule has 0 aliphatic rings. The number of nitrogens with zero attached hydrogens (tertiary/aromatic N) is 4. The van der Waals surface area contributed by atoms with Crippen molar-refractivity contribution in [3.05, 3.63) is 58.1 Å². The molecule has 9 heteroatoms. The molecule has 3 N–H and O–H groups in total. The zero-order valence-corrected chi connectivity index (χ0v) is 13.0. The Balaban J connectivity index is 1.76. The zero-order valence-electron chi connectivity index (χ0n) is 12.1. The predicted octanol–water partition coefficient (Wildman–Crippen LogP) is 1.36. The number of aromatic amines is 1. The monoisotopic (exact) mass is 334 g/mol. The summed E-state index contributed by atoms with van der Waals surface area (Å²) in [6.45, 7) is 0.525. The van der Waals surface area contributed by atoms with E-state index in [0.29, 0.717) is 18.4 Å². The van der Waals surface area contributed by atoms with Crippen LogP contribution in [0.3, 0.4) is 0 Å². The van der Waals surface area contributed by atoms with Gasteiger partial charge in [0.2, 0.25) is 0 Å². The van der Waals surface area contributed by atoms with E-state index in [2.05, 4.69) is 15.3 Å². The minimum absolute atomic E-state index is 0.0504. The summed E-state index contributed by atoms with van der Waals surface area (Å²) in [6.07, 6.45) is 5.43. The molecule has 7 nitrogen and oxygen atoms in total. The quantitative estimate of drug-likeness (QED) is 0.711. The van der Waals surface area contributed by atoms with Gasteiger partial charge in [-0.15, -0.1) is 11.3 Å². The van der Waals surface area contributed by atoms with Crippen molar-refractivity contribution >= 4 is 11.3 Å². The van der Waals surface area contributed by atoms with Crippen LogP contribution in [-0.4, -0.2) is 31.1 Å². The number of hydrogen-bond acceptors (Lipinski definition) is 5. The lowest BCUT2D eigenvalue weighted by molar-refractivity contribution is 0.604. The summed E-state index contributed by atoms with van der Waals surface area (Å²) in [6, 6.07) is 3.95. The molecular formula is C14H15FN6OS. The van der Waals surface area contributed by atoms with E-state index in [9.17, 15) is 9.18 Å². The zero-order chi connectivity index (χ0) is 16.2. The molecule has 120 valence electrons. The lowest BCUT2D eigenvalue weighted by Crippen LogP contribution is -2.26. The Bertz CT molecular complexity index is 860. The molecule has 0 aliphatic heterocycles. The average Bonchev–Trinajstić information content (AvgIpc) is 3.29. The average molecular weight is 334 g/mol. The Morgan fingerprint density at radius 1 is 1.48 bits per heavy atom. The largest absolute Gasteiger partial charge is 0.346 e. The Hall–Kier alpha value is -2.52. The summed E-state index contributed by atoms with van der Waals surface area (Å²) in [5, 5.41) is 10.7. The van der Waals surface area contributed by atoms with Crippen molar-refractivity contribution in [3.8, 4) is 10.4 Å². The Morgan fingerprint density at radius 2 is 2.35 bits per heavy atom. The van der Waals surface area contributed by atoms with Crippen LogP contribution in [0.15, 0.2) is 47.6 Å². The van der Waals surface area contributed by atoms with Gasteiger partial charge >= 0.3 is 5.69 Å². The standard InChI is InChI=1S/C14H15FN6OS/c15-3-10(4-16)7-21-14(22)20(9-19-21)8-12-1-2-13(23-12)11-5-17-18-6-11/h1-3,5-6,9H,4,7-8,16H2,(H,17,18)/b10-3+. The number of H-pyrrole nitrogens is 1. The van der Waals surface area contributed by atoms with Crippen molar-refractivity contribution in [2.75, 3.05) is 6.54 Å². The van der Waals surface area contributed by atoms with E-state index >= 15 is 0 Å². The summed E-state index contributed by atoms with van der Waals surface area (Å²) in [5.74, 6) is 0. The van der Waals surface area contributed by atoms with Crippen molar-refractivity contribution in [1.82, 2.24) is 24.5 Å². The highest BCUT2D eigenvalue weighted by Crippen LogP contribution is 2.27. The first-order chi connectivity index (χ1) is 11.2. The summed E-state index contributed by atoms with van der Waals surface area (Å²) in [5.41, 5.74) is 6.42. The molecule has 0 unspecified atom stereocenters. The van der Waals surface area contributed by atoms with Gasteiger partial charge in [-0.1, -0.05) is 0 Å². The van der Waals surface area contributed by atoms with Gasteiger partial charge in [0.25, 0.3) is 0 Å². The van der Waals surface area contributed by atoms with Crippen LogP contribution < -0.4 is 11.4 Å². The minimum Gasteiger partial charge on any atom is -0.327 e. The SMILES string of the molecule is NC/C(=C\F)Cn1ncn(Cc2ccc(-c3cn[nH]c3)s2)c1=O. The van der Waals surface area contributed by atoms with E-state index in [1.54, 1.807) is 17.5 Å². The van der Waals surface area contributed by atoms with Crippen molar-refractivity contribution in [2.45, 2.75) is 13.1 Å². The van der Waals surface area contributed by atoms with Gasteiger partial charge in [-0.05, 0) is 17.7 Å². The van der Waals surface area contributed by atoms with Gasteiger partial charge in [-0.25, -0.2) is 13.9 Å². The normalized spacial score (nSPS) is 12.0. The van der Waals surface area contributed by atoms with E-state index in [0.717, 1.165) is 15.3 Å². The van der Waals surface area contributed by atoms with Crippen LogP contribution in [0.2, 0.25) is 0 Å². The fraction of sp³-hybridized carbons (Fsp3) is 0.214. The molecule has 3 rings (SSSR count). The molecule has 3 aromatic heterocycles. The highest BCUT2D eigenvalue weighted by Gasteiger charge is 2.09. The molecule has 0 fully saturated rings. The summed E-state index contributed by atoms with van der Waals surface area (Å²) < 4.78 is 15.2. The minimum atomic E-state index is -0.295. The molecule has 0 bridgehead atoms. The van der Waals surface area contributed by atoms with Gasteiger partial charge in [-0.2, -0.15) is 10.2 Å². The highest BCUT2D eigenvalue weighted by molar-refractivity contribution is 7.15. The summed E-state index contributed by atoms with van der Waals surface area (Å²) in [4.78, 5) is 14.3. The molecule has 23 heavy (non-hydrogen) atoms. The third-order valence-corrected chi connectivity index (χ3v) is 4.46. The van der Waals surface area contributed by atoms with Gasteiger partial charge in [0.1, 0.15) is 6.33 Å². The molecule has 0 saturated heterocycles. The fourth-order valence-electron chi connectivity index (χ4n) is 2.10. The van der Waals surface area contributed by atoms with Crippen LogP contribution >= 0.6 is 11.3 Å². The first-order valence-electron chi connectivity index (χ1n) is 6.89. The maximum absolute atomic E-state index is 12.6. The van der Waals surface area contributed by atoms with Crippen molar-refractivity contribution in [1.29, 1.82) is 0 Å². The van der Waals surface area contributed by atoms with E-state index in [1.165, 1.54) is 15.6 Å². The van der Waals surface area contributed by atoms with Gasteiger partial charge in [-0.3, -0.25) is 9.67 Å². The smallest absolute Gasteiger partial charge is 0.327 e. The summed E-state index contributed by atoms with van der Waals surface area (Å²) >= 11 is 1.58. The van der Waals surface area contributed by atoms with Gasteiger partial charge < -0.3 is 5.73 Å². The third kappa shape index (κ3) is 3.30. The van der Waals surface area contributed by atoms with E-state index in [1.807, 2.05) is 18.3 Å². The Labute approximate surface area is 134 Å². The second kappa shape index (κ2) is 6.71. The molecular weight excluding hydrogens is 319 g/mol. The van der Waals surface area contributed by atoms with Crippen LogP contribution in [0.1, 0.15) is 4.88 Å². The van der Waals surface area contributed by atoms with Gasteiger partial charge in [0.15, 0.2) is 0 Å². The first-order valence-corrected chi connectivity index (χ1v) is 7.71. The maximum Gasteiger partial charge on any atom is 0.346 e. The fourth-order valence-corrected chi connectivity index (χ4v) is 3.08. The lowest BCUT2D eigenvalue weighted by Gasteiger charge is -2.01. The maximum atomic E-state index is 12.6. The topological polar surface area (TPSA) is 94.5 Å². The Morgan fingerprint density at radius 3 is 3.04 bits per heavy atom. The number of halogens is 1. The molecule has 0 spiro atoms. The highest BCUT2D eigenvalue weighted by atomic mass is 32.1. The Kier molecular flexibility index (Phi) is 4.49. The second-order valence-corrected chi connectivity index (χ2v) is 6.09. The molecule has 0 amide bonds. The molecule has 0 atom stereocenters. The number of hydrogen-bond donors (Lipinski definition) is 2.